The van der Waals surface area contributed by atoms with E-state index in [9.17, 15) is 88.3 Å². The van der Waals surface area contributed by atoms with Crippen molar-refractivity contribution in [2.45, 2.75) is 47.0 Å². The Morgan fingerprint density at radius 1 is 0.568 bits per heavy atom. The zero-order chi connectivity index (χ0) is 29.9. The fourth-order valence-electron chi connectivity index (χ4n) is 2.06. The van der Waals surface area contributed by atoms with E-state index >= 15 is 0 Å². The van der Waals surface area contributed by atoms with Gasteiger partial charge in [-0.25, -0.2) is 0 Å². The Kier molecular flexibility index (Phi) is 7.63. The fraction of sp³-hybridized carbons (Fsp3) is 0.571. The molecule has 0 saturated carbocycles. The highest BCUT2D eigenvalue weighted by molar-refractivity contribution is 7.91. The molecule has 0 heterocycles. The maximum absolute atomic E-state index is 13.8. The van der Waals surface area contributed by atoms with Crippen LogP contribution in [0, 0.1) is 5.21 Å². The van der Waals surface area contributed by atoms with Crippen LogP contribution in [-0.4, -0.2) is 60.2 Å². The zero-order valence-corrected chi connectivity index (χ0v) is 17.2. The summed E-state index contributed by atoms with van der Waals surface area (Å²) in [6.45, 7) is 0. The molecule has 0 aromatic heterocycles. The van der Waals surface area contributed by atoms with Crippen molar-refractivity contribution in [1.82, 2.24) is 0 Å². The largest absolute Gasteiger partial charge is 0.593 e. The van der Waals surface area contributed by atoms with E-state index in [-0.39, 0.29) is 0 Å². The highest BCUT2D eigenvalue weighted by Crippen LogP contribution is 2.64. The van der Waals surface area contributed by atoms with Crippen LogP contribution in [0.25, 0.3) is 0 Å². The normalized spacial score (nSPS) is 16.2. The quantitative estimate of drug-likeness (QED) is 0.139. The molecule has 0 aliphatic heterocycles. The van der Waals surface area contributed by atoms with Crippen LogP contribution in [0.5, 0.6) is 0 Å². The third-order valence-corrected chi connectivity index (χ3v) is 5.44. The molecule has 1 rings (SSSR count). The van der Waals surface area contributed by atoms with Gasteiger partial charge < -0.3 is 5.21 Å². The first-order valence-corrected chi connectivity index (χ1v) is 9.64. The average Bonchev–Trinajstić information content (AvgIpc) is 2.72. The van der Waals surface area contributed by atoms with Crippen molar-refractivity contribution in [3.8, 4) is 0 Å². The molecule has 1 aromatic rings. The van der Waals surface area contributed by atoms with Crippen LogP contribution in [0.15, 0.2) is 34.9 Å². The number of halogens is 17. The fourth-order valence-corrected chi connectivity index (χ4v) is 2.91. The van der Waals surface area contributed by atoms with Gasteiger partial charge in [-0.1, -0.05) is 18.2 Å². The van der Waals surface area contributed by atoms with Crippen molar-refractivity contribution in [3.63, 3.8) is 0 Å². The second kappa shape index (κ2) is 8.71. The second-order valence-corrected chi connectivity index (χ2v) is 8.25. The van der Waals surface area contributed by atoms with E-state index in [4.69, 9.17) is 0 Å². The van der Waals surface area contributed by atoms with Crippen LogP contribution in [0.4, 0.5) is 80.3 Å². The van der Waals surface area contributed by atoms with Gasteiger partial charge in [-0.15, -0.1) is 0 Å². The molecule has 0 N–H and O–H groups in total. The molecule has 0 aliphatic rings. The number of para-hydroxylation sites is 1. The molecule has 23 heteroatoms. The number of benzene rings is 1. The molecule has 0 spiro atoms. The van der Waals surface area contributed by atoms with Crippen LogP contribution in [-0.2, 0) is 10.0 Å². The molecule has 37 heavy (non-hydrogen) atoms. The third kappa shape index (κ3) is 4.41. The maximum atomic E-state index is 13.8. The first-order valence-electron chi connectivity index (χ1n) is 8.20. The SMILES string of the molecule is O=S(=O)(/N=[N+](\[O-])c1ccccc1)C(F)(F)C(F)(F)C(F)(F)C(F)(F)C(F)(F)C(F)(F)C(F)(F)C(F)(F)F. The number of nitrogens with zero attached hydrogens (tertiary/aromatic N) is 2. The Bertz CT molecular complexity index is 1130. The van der Waals surface area contributed by atoms with E-state index in [1.807, 2.05) is 0 Å². The van der Waals surface area contributed by atoms with Crippen molar-refractivity contribution >= 4 is 15.7 Å². The lowest BCUT2D eigenvalue weighted by atomic mass is 9.91. The standard InChI is InChI=1S/C14H5F17N2O3S/c15-7(16,9(19,20)11(23,24)13(27,28)29)8(17,18)10(21,22)12(25,26)14(30,31)37(35,36)32-33(34)6-4-2-1-3-5-6/h1-5H/b33-32-. The van der Waals surface area contributed by atoms with E-state index < -0.39 is 67.5 Å². The molecule has 0 radical (unpaired) electrons. The summed E-state index contributed by atoms with van der Waals surface area (Å²) in [6.07, 6.45) is -7.92. The minimum Gasteiger partial charge on any atom is -0.593 e. The number of rotatable bonds is 9. The highest BCUT2D eigenvalue weighted by atomic mass is 32.2. The molecule has 0 aliphatic carbocycles. The molecule has 214 valence electrons. The Balaban J connectivity index is 3.75. The zero-order valence-electron chi connectivity index (χ0n) is 16.3. The van der Waals surface area contributed by atoms with Crippen molar-refractivity contribution in [1.29, 1.82) is 0 Å². The van der Waals surface area contributed by atoms with Gasteiger partial charge in [0.05, 0.1) is 0 Å². The highest BCUT2D eigenvalue weighted by Gasteiger charge is 2.96. The maximum Gasteiger partial charge on any atom is 0.460 e. The second-order valence-electron chi connectivity index (χ2n) is 6.63. The van der Waals surface area contributed by atoms with Crippen LogP contribution in [0.1, 0.15) is 0 Å². The predicted molar refractivity (Wildman–Crippen MR) is 81.8 cm³/mol. The molecule has 0 atom stereocenters. The van der Waals surface area contributed by atoms with Crippen molar-refractivity contribution in [3.05, 3.63) is 35.5 Å². The van der Waals surface area contributed by atoms with E-state index in [2.05, 4.69) is 0 Å². The monoisotopic (exact) mass is 604 g/mol. The van der Waals surface area contributed by atoms with Crippen LogP contribution in [0.3, 0.4) is 0 Å². The molecular formula is C14H5F17N2O3S. The van der Waals surface area contributed by atoms with E-state index in [1.54, 1.807) is 0 Å². The summed E-state index contributed by atoms with van der Waals surface area (Å²) in [5, 5.41) is 3.54. The first-order chi connectivity index (χ1) is 16.0. The lowest BCUT2D eigenvalue weighted by Gasteiger charge is -2.42. The number of hydrogen-bond donors (Lipinski definition) is 0. The van der Waals surface area contributed by atoms with Crippen molar-refractivity contribution in [2.24, 2.45) is 4.52 Å². The van der Waals surface area contributed by atoms with Crippen molar-refractivity contribution < 1.29 is 87.9 Å². The predicted octanol–water partition coefficient (Wildman–Crippen LogP) is 6.58. The van der Waals surface area contributed by atoms with Gasteiger partial charge in [-0.3, -0.25) is 0 Å². The minimum atomic E-state index is -8.96. The topological polar surface area (TPSA) is 72.6 Å². The molecule has 0 bridgehead atoms. The van der Waals surface area contributed by atoms with Crippen LogP contribution >= 0.6 is 0 Å². The first kappa shape index (κ1) is 32.4. The van der Waals surface area contributed by atoms with E-state index in [0.717, 1.165) is 18.2 Å². The van der Waals surface area contributed by atoms with Gasteiger partial charge in [0.25, 0.3) is 0 Å². The molecule has 0 saturated heterocycles. The van der Waals surface area contributed by atoms with E-state index in [1.165, 1.54) is 4.52 Å². The summed E-state index contributed by atoms with van der Waals surface area (Å²) in [5.74, 6) is -52.3. The lowest BCUT2D eigenvalue weighted by Crippen LogP contribution is -2.74. The number of hydrogen-bond acceptors (Lipinski definition) is 3. The molecule has 1 aromatic carbocycles. The Labute approximate surface area is 191 Å². The molecule has 0 amide bonds. The molecule has 0 fully saturated rings. The van der Waals surface area contributed by atoms with Crippen molar-refractivity contribution in [2.75, 3.05) is 0 Å². The smallest absolute Gasteiger partial charge is 0.460 e. The number of alkyl halides is 17. The summed E-state index contributed by atoms with van der Waals surface area (Å²) in [4.78, 5) is -1.51. The van der Waals surface area contributed by atoms with Gasteiger partial charge in [-0.2, -0.15) is 83.1 Å². The van der Waals surface area contributed by atoms with Gasteiger partial charge in [0.1, 0.15) is 4.52 Å². The Morgan fingerprint density at radius 3 is 1.24 bits per heavy atom. The summed E-state index contributed by atoms with van der Waals surface area (Å²) in [7, 11) is -7.86. The van der Waals surface area contributed by atoms with Crippen LogP contribution < -0.4 is 0 Å². The number of sulfonamides is 1. The van der Waals surface area contributed by atoms with Gasteiger partial charge in [0, 0.05) is 12.1 Å². The third-order valence-electron chi connectivity index (χ3n) is 4.18. The lowest BCUT2D eigenvalue weighted by molar-refractivity contribution is -0.458. The summed E-state index contributed by atoms with van der Waals surface area (Å²) in [5.41, 5.74) is -1.14. The molecular weight excluding hydrogens is 599 g/mol. The molecule has 5 nitrogen and oxygen atoms in total. The van der Waals surface area contributed by atoms with Gasteiger partial charge in [0.15, 0.2) is 0 Å². The average molecular weight is 604 g/mol. The van der Waals surface area contributed by atoms with Gasteiger partial charge >= 0.3 is 57.0 Å². The molecule has 0 unspecified atom stereocenters. The Morgan fingerprint density at radius 2 is 0.892 bits per heavy atom. The Hall–Kier alpha value is -2.62. The van der Waals surface area contributed by atoms with Gasteiger partial charge in [0.2, 0.25) is 5.69 Å². The summed E-state index contributed by atoms with van der Waals surface area (Å²) < 4.78 is 248. The summed E-state index contributed by atoms with van der Waals surface area (Å²) >= 11 is 0. The van der Waals surface area contributed by atoms with Gasteiger partial charge in [-0.05, 0) is 4.86 Å². The van der Waals surface area contributed by atoms with Crippen LogP contribution in [0.2, 0.25) is 0 Å². The van der Waals surface area contributed by atoms with E-state index in [0.29, 0.717) is 12.1 Å². The minimum absolute atomic E-state index is 0.508. The summed E-state index contributed by atoms with van der Waals surface area (Å²) in [6, 6.07) is 3.75.